The highest BCUT2D eigenvalue weighted by Crippen LogP contribution is 2.20. The zero-order valence-corrected chi connectivity index (χ0v) is 16.9. The van der Waals surface area contributed by atoms with Crippen LogP contribution in [-0.4, -0.2) is 22.5 Å². The lowest BCUT2D eigenvalue weighted by Crippen LogP contribution is -2.33. The molecule has 1 amide bonds. The summed E-state index contributed by atoms with van der Waals surface area (Å²) in [6, 6.07) is 9.74. The zero-order valence-electron chi connectivity index (χ0n) is 16.0. The number of aryl methyl sites for hydroxylation is 2. The van der Waals surface area contributed by atoms with Crippen molar-refractivity contribution in [3.05, 3.63) is 58.7 Å². The van der Waals surface area contributed by atoms with Crippen LogP contribution in [0.1, 0.15) is 36.5 Å². The molecule has 1 aromatic carbocycles. The number of benzene rings is 1. The molecule has 2 aromatic rings. The highest BCUT2D eigenvalue weighted by molar-refractivity contribution is 7.80. The SMILES string of the molecule is Cc1cc(C)cc(OCc2ccc(C=C3NC(=S)N(CC(C)C)C3=O)o2)c1. The van der Waals surface area contributed by atoms with Crippen molar-refractivity contribution in [1.82, 2.24) is 10.2 Å². The summed E-state index contributed by atoms with van der Waals surface area (Å²) in [5.74, 6) is 2.29. The first-order chi connectivity index (χ1) is 12.8. The average molecular weight is 385 g/mol. The third kappa shape index (κ3) is 4.77. The van der Waals surface area contributed by atoms with Gasteiger partial charge in [-0.05, 0) is 67.4 Å². The van der Waals surface area contributed by atoms with Crippen molar-refractivity contribution in [3.8, 4) is 5.75 Å². The van der Waals surface area contributed by atoms with Crippen molar-refractivity contribution in [2.45, 2.75) is 34.3 Å². The van der Waals surface area contributed by atoms with E-state index in [9.17, 15) is 4.79 Å². The molecule has 0 saturated carbocycles. The van der Waals surface area contributed by atoms with Crippen LogP contribution in [0.4, 0.5) is 0 Å². The highest BCUT2D eigenvalue weighted by atomic mass is 32.1. The van der Waals surface area contributed by atoms with Crippen LogP contribution in [0.25, 0.3) is 6.08 Å². The van der Waals surface area contributed by atoms with Gasteiger partial charge in [-0.2, -0.15) is 0 Å². The monoisotopic (exact) mass is 384 g/mol. The Bertz CT molecular complexity index is 878. The van der Waals surface area contributed by atoms with Gasteiger partial charge in [0, 0.05) is 12.6 Å². The number of thiocarbonyl (C=S) groups is 1. The molecule has 27 heavy (non-hydrogen) atoms. The van der Waals surface area contributed by atoms with E-state index in [1.54, 1.807) is 11.0 Å². The van der Waals surface area contributed by atoms with Crippen LogP contribution >= 0.6 is 12.2 Å². The molecule has 1 aliphatic heterocycles. The number of amides is 1. The first-order valence-electron chi connectivity index (χ1n) is 8.96. The fourth-order valence-corrected chi connectivity index (χ4v) is 3.23. The van der Waals surface area contributed by atoms with Crippen LogP contribution in [0.2, 0.25) is 0 Å². The van der Waals surface area contributed by atoms with Crippen molar-refractivity contribution in [1.29, 1.82) is 0 Å². The number of nitrogens with one attached hydrogen (secondary N) is 1. The van der Waals surface area contributed by atoms with E-state index in [0.717, 1.165) is 16.9 Å². The van der Waals surface area contributed by atoms with Crippen LogP contribution in [0.15, 0.2) is 40.4 Å². The van der Waals surface area contributed by atoms with E-state index in [1.165, 1.54) is 0 Å². The number of rotatable bonds is 6. The summed E-state index contributed by atoms with van der Waals surface area (Å²) < 4.78 is 11.6. The Labute approximate surface area is 165 Å². The van der Waals surface area contributed by atoms with Gasteiger partial charge in [0.05, 0.1) is 0 Å². The molecule has 3 rings (SSSR count). The van der Waals surface area contributed by atoms with Crippen LogP contribution in [0.5, 0.6) is 5.75 Å². The second-order valence-electron chi connectivity index (χ2n) is 7.21. The molecule has 1 saturated heterocycles. The number of ether oxygens (including phenoxy) is 1. The Kier molecular flexibility index (Phi) is 5.65. The van der Waals surface area contributed by atoms with Crippen molar-refractivity contribution < 1.29 is 13.9 Å². The maximum atomic E-state index is 12.5. The van der Waals surface area contributed by atoms with E-state index in [1.807, 2.05) is 52.0 Å². The van der Waals surface area contributed by atoms with E-state index in [-0.39, 0.29) is 5.91 Å². The molecule has 0 aliphatic carbocycles. The van der Waals surface area contributed by atoms with E-state index < -0.39 is 0 Å². The number of carbonyl (C=O) groups is 1. The molecule has 0 atom stereocenters. The molecule has 0 bridgehead atoms. The smallest absolute Gasteiger partial charge is 0.276 e. The quantitative estimate of drug-likeness (QED) is 0.598. The molecule has 0 unspecified atom stereocenters. The van der Waals surface area contributed by atoms with E-state index in [2.05, 4.69) is 11.4 Å². The summed E-state index contributed by atoms with van der Waals surface area (Å²) in [6.45, 7) is 9.09. The Morgan fingerprint density at radius 1 is 1.22 bits per heavy atom. The Hall–Kier alpha value is -2.60. The molecule has 5 nitrogen and oxygen atoms in total. The summed E-state index contributed by atoms with van der Waals surface area (Å²) in [4.78, 5) is 14.1. The lowest BCUT2D eigenvalue weighted by molar-refractivity contribution is -0.122. The van der Waals surface area contributed by atoms with Crippen LogP contribution < -0.4 is 10.1 Å². The Morgan fingerprint density at radius 2 is 1.93 bits per heavy atom. The Morgan fingerprint density at radius 3 is 2.59 bits per heavy atom. The molecular formula is C21H24N2O3S. The maximum absolute atomic E-state index is 12.5. The topological polar surface area (TPSA) is 54.7 Å². The fourth-order valence-electron chi connectivity index (χ4n) is 2.97. The number of carbonyl (C=O) groups excluding carboxylic acids is 1. The molecule has 0 radical (unpaired) electrons. The normalized spacial score (nSPS) is 15.7. The molecule has 1 aliphatic rings. The van der Waals surface area contributed by atoms with Gasteiger partial charge in [-0.1, -0.05) is 19.9 Å². The third-order valence-electron chi connectivity index (χ3n) is 4.06. The van der Waals surface area contributed by atoms with Crippen molar-refractivity contribution in [2.75, 3.05) is 6.54 Å². The molecule has 6 heteroatoms. The number of hydrogen-bond donors (Lipinski definition) is 1. The maximum Gasteiger partial charge on any atom is 0.276 e. The van der Waals surface area contributed by atoms with Gasteiger partial charge < -0.3 is 14.5 Å². The van der Waals surface area contributed by atoms with E-state index in [4.69, 9.17) is 21.4 Å². The van der Waals surface area contributed by atoms with E-state index in [0.29, 0.717) is 41.4 Å². The van der Waals surface area contributed by atoms with Crippen LogP contribution in [0.3, 0.4) is 0 Å². The first-order valence-corrected chi connectivity index (χ1v) is 9.37. The summed E-state index contributed by atoms with van der Waals surface area (Å²) in [5, 5.41) is 3.40. The minimum atomic E-state index is -0.127. The molecule has 2 heterocycles. The average Bonchev–Trinajstić information content (AvgIpc) is 3.12. The predicted octanol–water partition coefficient (Wildman–Crippen LogP) is 4.19. The first kappa shape index (κ1) is 19.2. The standard InChI is InChI=1S/C21H24N2O3S/c1-13(2)11-23-20(24)19(22-21(23)27)10-16-5-6-17(26-16)12-25-18-8-14(3)7-15(4)9-18/h5-10,13H,11-12H2,1-4H3,(H,22,27). The zero-order chi connectivity index (χ0) is 19.6. The minimum absolute atomic E-state index is 0.127. The second-order valence-corrected chi connectivity index (χ2v) is 7.60. The highest BCUT2D eigenvalue weighted by Gasteiger charge is 2.31. The molecular weight excluding hydrogens is 360 g/mol. The summed E-state index contributed by atoms with van der Waals surface area (Å²) >= 11 is 5.25. The van der Waals surface area contributed by atoms with Gasteiger partial charge in [0.2, 0.25) is 0 Å². The van der Waals surface area contributed by atoms with Crippen molar-refractivity contribution in [2.24, 2.45) is 5.92 Å². The van der Waals surface area contributed by atoms with Gasteiger partial charge in [-0.25, -0.2) is 0 Å². The number of hydrogen-bond acceptors (Lipinski definition) is 4. The predicted molar refractivity (Wildman–Crippen MR) is 109 cm³/mol. The fraction of sp³-hybridized carbons (Fsp3) is 0.333. The van der Waals surface area contributed by atoms with Gasteiger partial charge >= 0.3 is 0 Å². The molecule has 1 N–H and O–H groups in total. The van der Waals surface area contributed by atoms with Crippen molar-refractivity contribution in [3.63, 3.8) is 0 Å². The van der Waals surface area contributed by atoms with Gasteiger partial charge in [0.1, 0.15) is 29.6 Å². The largest absolute Gasteiger partial charge is 0.486 e. The summed E-state index contributed by atoms with van der Waals surface area (Å²) in [5.41, 5.74) is 2.74. The van der Waals surface area contributed by atoms with Gasteiger partial charge in [-0.3, -0.25) is 9.69 Å². The Balaban J connectivity index is 1.66. The van der Waals surface area contributed by atoms with Gasteiger partial charge in [0.15, 0.2) is 5.11 Å². The summed E-state index contributed by atoms with van der Waals surface area (Å²) in [6.07, 6.45) is 1.68. The van der Waals surface area contributed by atoms with E-state index >= 15 is 0 Å². The number of furan rings is 1. The lowest BCUT2D eigenvalue weighted by atomic mass is 10.1. The molecule has 1 fully saturated rings. The summed E-state index contributed by atoms with van der Waals surface area (Å²) in [7, 11) is 0. The molecule has 142 valence electrons. The third-order valence-corrected chi connectivity index (χ3v) is 4.38. The van der Waals surface area contributed by atoms with Crippen molar-refractivity contribution >= 4 is 29.3 Å². The second kappa shape index (κ2) is 7.96. The van der Waals surface area contributed by atoms with Crippen LogP contribution in [0, 0.1) is 19.8 Å². The minimum Gasteiger partial charge on any atom is -0.486 e. The molecule has 0 spiro atoms. The lowest BCUT2D eigenvalue weighted by Gasteiger charge is -2.15. The van der Waals surface area contributed by atoms with Gasteiger partial charge in [-0.15, -0.1) is 0 Å². The number of nitrogens with zero attached hydrogens (tertiary/aromatic N) is 1. The van der Waals surface area contributed by atoms with Crippen LogP contribution in [-0.2, 0) is 11.4 Å². The van der Waals surface area contributed by atoms with Gasteiger partial charge in [0.25, 0.3) is 5.91 Å². The molecule has 1 aromatic heterocycles.